The van der Waals surface area contributed by atoms with Crippen molar-refractivity contribution < 1.29 is 9.15 Å². The van der Waals surface area contributed by atoms with Crippen molar-refractivity contribution in [2.45, 2.75) is 32.7 Å². The highest BCUT2D eigenvalue weighted by Gasteiger charge is 2.14. The van der Waals surface area contributed by atoms with Gasteiger partial charge in [0.2, 0.25) is 0 Å². The van der Waals surface area contributed by atoms with Crippen LogP contribution in [0.2, 0.25) is 0 Å². The first-order valence-electron chi connectivity index (χ1n) is 9.48. The predicted molar refractivity (Wildman–Crippen MR) is 108 cm³/mol. The maximum absolute atomic E-state index is 5.99. The molecular weight excluding hydrogens is 336 g/mol. The molecule has 0 bridgehead atoms. The Kier molecular flexibility index (Phi) is 4.97. The Balaban J connectivity index is 1.51. The highest BCUT2D eigenvalue weighted by atomic mass is 16.5. The van der Waals surface area contributed by atoms with Gasteiger partial charge in [0.15, 0.2) is 11.6 Å². The summed E-state index contributed by atoms with van der Waals surface area (Å²) in [5, 5.41) is 0. The van der Waals surface area contributed by atoms with E-state index in [1.807, 2.05) is 30.3 Å². The summed E-state index contributed by atoms with van der Waals surface area (Å²) in [5.41, 5.74) is 3.40. The molecule has 0 N–H and O–H groups in total. The number of hydrogen-bond donors (Lipinski definition) is 0. The fraction of sp³-hybridized carbons (Fsp3) is 0.261. The molecule has 0 aliphatic carbocycles. The van der Waals surface area contributed by atoms with Crippen LogP contribution in [0.1, 0.15) is 31.7 Å². The van der Waals surface area contributed by atoms with Crippen LogP contribution in [-0.4, -0.2) is 16.2 Å². The molecular formula is C23H24N2O2. The van der Waals surface area contributed by atoms with Gasteiger partial charge in [0.1, 0.15) is 12.4 Å². The van der Waals surface area contributed by atoms with Crippen LogP contribution in [0.4, 0.5) is 0 Å². The van der Waals surface area contributed by atoms with Gasteiger partial charge in [-0.2, -0.15) is 0 Å². The smallest absolute Gasteiger partial charge is 0.177 e. The summed E-state index contributed by atoms with van der Waals surface area (Å²) < 4.78 is 13.7. The van der Waals surface area contributed by atoms with E-state index in [0.29, 0.717) is 19.1 Å². The van der Waals surface area contributed by atoms with Gasteiger partial charge < -0.3 is 13.7 Å². The van der Waals surface area contributed by atoms with Crippen molar-refractivity contribution in [3.05, 3.63) is 72.5 Å². The molecule has 4 aromatic rings. The lowest BCUT2D eigenvalue weighted by Crippen LogP contribution is -2.09. The van der Waals surface area contributed by atoms with Gasteiger partial charge in [-0.15, -0.1) is 0 Å². The lowest BCUT2D eigenvalue weighted by molar-refractivity contribution is 0.300. The lowest BCUT2D eigenvalue weighted by Gasteiger charge is -2.12. The molecule has 0 amide bonds. The van der Waals surface area contributed by atoms with Gasteiger partial charge in [-0.1, -0.05) is 38.1 Å². The molecule has 4 heteroatoms. The standard InChI is InChI=1S/C23H24N2O2/c1-3-17(2)18-10-12-19(13-11-18)26-16-14-25-21-8-5-4-7-20(21)24-23(25)22-9-6-15-27-22/h4-13,15,17H,3,14,16H2,1-2H3. The molecule has 0 aliphatic heterocycles. The maximum Gasteiger partial charge on any atom is 0.177 e. The van der Waals surface area contributed by atoms with Crippen LogP contribution >= 0.6 is 0 Å². The molecule has 0 radical (unpaired) electrons. The van der Waals surface area contributed by atoms with Crippen molar-refractivity contribution in [2.75, 3.05) is 6.61 Å². The van der Waals surface area contributed by atoms with Crippen LogP contribution in [0, 0.1) is 0 Å². The minimum atomic E-state index is 0.566. The average Bonchev–Trinajstić information content (AvgIpc) is 3.36. The summed E-state index contributed by atoms with van der Waals surface area (Å²) in [4.78, 5) is 4.73. The van der Waals surface area contributed by atoms with E-state index in [-0.39, 0.29) is 0 Å². The summed E-state index contributed by atoms with van der Waals surface area (Å²) in [6, 6.07) is 20.4. The van der Waals surface area contributed by atoms with Crippen molar-refractivity contribution in [1.29, 1.82) is 0 Å². The number of fused-ring (bicyclic) bond motifs is 1. The molecule has 138 valence electrons. The van der Waals surface area contributed by atoms with Crippen LogP contribution in [0.15, 0.2) is 71.3 Å². The third-order valence-corrected chi connectivity index (χ3v) is 5.04. The zero-order valence-corrected chi connectivity index (χ0v) is 15.8. The van der Waals surface area contributed by atoms with Crippen LogP contribution in [-0.2, 0) is 6.54 Å². The molecule has 2 heterocycles. The Morgan fingerprint density at radius 3 is 2.59 bits per heavy atom. The maximum atomic E-state index is 5.99. The summed E-state index contributed by atoms with van der Waals surface area (Å²) in [7, 11) is 0. The summed E-state index contributed by atoms with van der Waals surface area (Å²) in [6.45, 7) is 5.72. The predicted octanol–water partition coefficient (Wildman–Crippen LogP) is 5.89. The molecule has 0 fully saturated rings. The number of furan rings is 1. The Bertz CT molecular complexity index is 1000. The zero-order valence-electron chi connectivity index (χ0n) is 15.8. The van der Waals surface area contributed by atoms with Gasteiger partial charge in [-0.05, 0) is 54.3 Å². The number of ether oxygens (including phenoxy) is 1. The van der Waals surface area contributed by atoms with Crippen LogP contribution in [0.5, 0.6) is 5.75 Å². The Morgan fingerprint density at radius 1 is 1.04 bits per heavy atom. The molecule has 4 rings (SSSR count). The highest BCUT2D eigenvalue weighted by molar-refractivity contribution is 5.79. The van der Waals surface area contributed by atoms with Gasteiger partial charge in [0.05, 0.1) is 23.8 Å². The molecule has 2 aromatic heterocycles. The number of rotatable bonds is 7. The van der Waals surface area contributed by atoms with Gasteiger partial charge in [-0.3, -0.25) is 0 Å². The van der Waals surface area contributed by atoms with E-state index >= 15 is 0 Å². The SMILES string of the molecule is CCC(C)c1ccc(OCCn2c(-c3ccco3)nc3ccccc32)cc1. The second-order valence-corrected chi connectivity index (χ2v) is 6.78. The largest absolute Gasteiger partial charge is 0.492 e. The molecule has 2 aromatic carbocycles. The quantitative estimate of drug-likeness (QED) is 0.413. The van der Waals surface area contributed by atoms with Crippen molar-refractivity contribution >= 4 is 11.0 Å². The average molecular weight is 360 g/mol. The van der Waals surface area contributed by atoms with E-state index in [9.17, 15) is 0 Å². The van der Waals surface area contributed by atoms with Crippen molar-refractivity contribution in [3.8, 4) is 17.3 Å². The fourth-order valence-corrected chi connectivity index (χ4v) is 3.28. The van der Waals surface area contributed by atoms with Crippen LogP contribution < -0.4 is 4.74 Å². The Labute approximate surface area is 159 Å². The van der Waals surface area contributed by atoms with E-state index in [0.717, 1.165) is 34.8 Å². The van der Waals surface area contributed by atoms with E-state index < -0.39 is 0 Å². The van der Waals surface area contributed by atoms with E-state index in [2.05, 4.69) is 48.7 Å². The number of aromatic nitrogens is 2. The lowest BCUT2D eigenvalue weighted by atomic mass is 9.99. The second-order valence-electron chi connectivity index (χ2n) is 6.78. The number of imidazole rings is 1. The normalized spacial score (nSPS) is 12.4. The molecule has 0 spiro atoms. The van der Waals surface area contributed by atoms with Crippen LogP contribution in [0.3, 0.4) is 0 Å². The van der Waals surface area contributed by atoms with Gasteiger partial charge >= 0.3 is 0 Å². The molecule has 1 atom stereocenters. The third-order valence-electron chi connectivity index (χ3n) is 5.04. The van der Waals surface area contributed by atoms with Crippen molar-refractivity contribution in [2.24, 2.45) is 0 Å². The third kappa shape index (κ3) is 3.61. The molecule has 4 nitrogen and oxygen atoms in total. The number of hydrogen-bond acceptors (Lipinski definition) is 3. The minimum absolute atomic E-state index is 0.566. The molecule has 0 saturated heterocycles. The van der Waals surface area contributed by atoms with Gasteiger partial charge in [-0.25, -0.2) is 4.98 Å². The number of nitrogens with zero attached hydrogens (tertiary/aromatic N) is 2. The topological polar surface area (TPSA) is 40.2 Å². The first-order chi connectivity index (χ1) is 13.3. The van der Waals surface area contributed by atoms with Crippen molar-refractivity contribution in [1.82, 2.24) is 9.55 Å². The fourth-order valence-electron chi connectivity index (χ4n) is 3.28. The van der Waals surface area contributed by atoms with Gasteiger partial charge in [0, 0.05) is 0 Å². The highest BCUT2D eigenvalue weighted by Crippen LogP contribution is 2.25. The van der Waals surface area contributed by atoms with Gasteiger partial charge in [0.25, 0.3) is 0 Å². The zero-order chi connectivity index (χ0) is 18.6. The molecule has 0 saturated carbocycles. The van der Waals surface area contributed by atoms with E-state index in [1.165, 1.54) is 5.56 Å². The summed E-state index contributed by atoms with van der Waals surface area (Å²) in [5.74, 6) is 3.07. The van der Waals surface area contributed by atoms with E-state index in [1.54, 1.807) is 6.26 Å². The number of para-hydroxylation sites is 2. The van der Waals surface area contributed by atoms with E-state index in [4.69, 9.17) is 14.1 Å². The summed E-state index contributed by atoms with van der Waals surface area (Å²) in [6.07, 6.45) is 2.82. The number of benzene rings is 2. The molecule has 27 heavy (non-hydrogen) atoms. The second kappa shape index (κ2) is 7.70. The van der Waals surface area contributed by atoms with Crippen LogP contribution in [0.25, 0.3) is 22.6 Å². The monoisotopic (exact) mass is 360 g/mol. The molecule has 1 unspecified atom stereocenters. The van der Waals surface area contributed by atoms with Crippen molar-refractivity contribution in [3.63, 3.8) is 0 Å². The molecule has 0 aliphatic rings. The first-order valence-corrected chi connectivity index (χ1v) is 9.48. The Hall–Kier alpha value is -3.01. The minimum Gasteiger partial charge on any atom is -0.492 e. The summed E-state index contributed by atoms with van der Waals surface area (Å²) >= 11 is 0. The first kappa shape index (κ1) is 17.4. The Morgan fingerprint density at radius 2 is 1.85 bits per heavy atom.